The predicted octanol–water partition coefficient (Wildman–Crippen LogP) is 0.492. The second-order valence-corrected chi connectivity index (χ2v) is 4.64. The molecule has 1 rings (SSSR count). The van der Waals surface area contributed by atoms with Gasteiger partial charge in [0.2, 0.25) is 5.91 Å². The summed E-state index contributed by atoms with van der Waals surface area (Å²) in [6.07, 6.45) is 2.58. The van der Waals surface area contributed by atoms with Crippen molar-refractivity contribution < 1.29 is 14.3 Å². The first kappa shape index (κ1) is 14.0. The number of ether oxygens (including phenoxy) is 1. The van der Waals surface area contributed by atoms with E-state index in [1.165, 1.54) is 7.11 Å². The summed E-state index contributed by atoms with van der Waals surface area (Å²) in [5.74, 6) is -0.303. The first-order valence-corrected chi connectivity index (χ1v) is 6.05. The summed E-state index contributed by atoms with van der Waals surface area (Å²) < 4.78 is 4.52. The van der Waals surface area contributed by atoms with Crippen molar-refractivity contribution in [3.8, 4) is 0 Å². The Kier molecular flexibility index (Phi) is 5.41. The van der Waals surface area contributed by atoms with E-state index in [0.717, 1.165) is 25.9 Å². The second-order valence-electron chi connectivity index (χ2n) is 4.64. The fourth-order valence-electron chi connectivity index (χ4n) is 2.15. The van der Waals surface area contributed by atoms with E-state index in [1.807, 2.05) is 7.05 Å². The molecule has 5 nitrogen and oxygen atoms in total. The Labute approximate surface area is 103 Å². The lowest BCUT2D eigenvalue weighted by Gasteiger charge is -2.35. The van der Waals surface area contributed by atoms with E-state index >= 15 is 0 Å². The minimum Gasteiger partial charge on any atom is -0.469 e. The van der Waals surface area contributed by atoms with Gasteiger partial charge in [0.25, 0.3) is 0 Å². The molecule has 0 bridgehead atoms. The first-order valence-electron chi connectivity index (χ1n) is 6.05. The molecule has 1 aliphatic rings. The molecule has 1 fully saturated rings. The Hall–Kier alpha value is -1.10. The number of carbonyl (C=O) groups excluding carboxylic acids is 2. The van der Waals surface area contributed by atoms with Crippen molar-refractivity contribution in [3.05, 3.63) is 0 Å². The highest BCUT2D eigenvalue weighted by molar-refractivity contribution is 5.81. The molecule has 17 heavy (non-hydrogen) atoms. The summed E-state index contributed by atoms with van der Waals surface area (Å²) in [6, 6.07) is 0.277. The van der Waals surface area contributed by atoms with Crippen molar-refractivity contribution in [2.24, 2.45) is 0 Å². The number of amides is 1. The number of hydrogen-bond donors (Lipinski definition) is 0. The lowest BCUT2D eigenvalue weighted by Crippen LogP contribution is -2.47. The monoisotopic (exact) mass is 242 g/mol. The molecule has 0 N–H and O–H groups in total. The predicted molar refractivity (Wildman–Crippen MR) is 64.5 cm³/mol. The summed E-state index contributed by atoms with van der Waals surface area (Å²) >= 11 is 0. The van der Waals surface area contributed by atoms with Gasteiger partial charge in [-0.15, -0.1) is 0 Å². The molecule has 0 spiro atoms. The minimum atomic E-state index is -0.326. The lowest BCUT2D eigenvalue weighted by molar-refractivity contribution is -0.144. The smallest absolute Gasteiger partial charge is 0.306 e. The zero-order valence-electron chi connectivity index (χ0n) is 10.9. The molecule has 1 aliphatic heterocycles. The first-order chi connectivity index (χ1) is 8.04. The van der Waals surface area contributed by atoms with Gasteiger partial charge in [-0.25, -0.2) is 0 Å². The molecule has 5 heteroatoms. The summed E-state index contributed by atoms with van der Waals surface area (Å²) in [6.45, 7) is 2.02. The number of nitrogens with zero attached hydrogens (tertiary/aromatic N) is 2. The maximum atomic E-state index is 11.9. The molecule has 0 aromatic rings. The van der Waals surface area contributed by atoms with Crippen molar-refractivity contribution in [3.63, 3.8) is 0 Å². The summed E-state index contributed by atoms with van der Waals surface area (Å²) in [4.78, 5) is 26.8. The Morgan fingerprint density at radius 2 is 2.12 bits per heavy atom. The zero-order chi connectivity index (χ0) is 12.8. The van der Waals surface area contributed by atoms with Crippen LogP contribution in [0, 0.1) is 0 Å². The Bertz CT molecular complexity index is 281. The number of rotatable bonds is 4. The molecule has 0 saturated carbocycles. The van der Waals surface area contributed by atoms with E-state index in [1.54, 1.807) is 4.90 Å². The molecule has 1 unspecified atom stereocenters. The highest BCUT2D eigenvalue weighted by Gasteiger charge is 2.24. The van der Waals surface area contributed by atoms with Gasteiger partial charge in [-0.3, -0.25) is 9.59 Å². The van der Waals surface area contributed by atoms with E-state index in [0.29, 0.717) is 0 Å². The average molecular weight is 242 g/mol. The molecule has 1 amide bonds. The molecule has 1 atom stereocenters. The molecule has 0 aromatic carbocycles. The quantitative estimate of drug-likeness (QED) is 0.673. The van der Waals surface area contributed by atoms with Gasteiger partial charge >= 0.3 is 5.97 Å². The number of carbonyl (C=O) groups is 2. The highest BCUT2D eigenvalue weighted by Crippen LogP contribution is 2.14. The van der Waals surface area contributed by atoms with Crippen LogP contribution >= 0.6 is 0 Å². The third-order valence-electron chi connectivity index (χ3n) is 3.31. The molecule has 0 aromatic heterocycles. The van der Waals surface area contributed by atoms with E-state index in [2.05, 4.69) is 16.7 Å². The summed E-state index contributed by atoms with van der Waals surface area (Å²) in [5, 5.41) is 0. The van der Waals surface area contributed by atoms with Crippen LogP contribution in [-0.4, -0.2) is 62.0 Å². The van der Waals surface area contributed by atoms with Crippen molar-refractivity contribution in [1.29, 1.82) is 0 Å². The Balaban J connectivity index is 2.37. The third-order valence-corrected chi connectivity index (χ3v) is 3.31. The molecule has 1 saturated heterocycles. The van der Waals surface area contributed by atoms with Crippen molar-refractivity contribution in [2.45, 2.75) is 31.7 Å². The van der Waals surface area contributed by atoms with Crippen LogP contribution in [-0.2, 0) is 14.3 Å². The molecule has 0 radical (unpaired) electrons. The minimum absolute atomic E-state index is 0.0238. The number of piperidine rings is 1. The maximum Gasteiger partial charge on any atom is 0.306 e. The van der Waals surface area contributed by atoms with Crippen LogP contribution in [0.3, 0.4) is 0 Å². The average Bonchev–Trinajstić information content (AvgIpc) is 2.34. The summed E-state index contributed by atoms with van der Waals surface area (Å²) in [5.41, 5.74) is 0. The van der Waals surface area contributed by atoms with Crippen LogP contribution < -0.4 is 0 Å². The second kappa shape index (κ2) is 6.59. The van der Waals surface area contributed by atoms with Crippen molar-refractivity contribution >= 4 is 11.9 Å². The molecule has 1 heterocycles. The number of likely N-dealkylation sites (tertiary alicyclic amines) is 1. The van der Waals surface area contributed by atoms with Crippen LogP contribution in [0.5, 0.6) is 0 Å². The van der Waals surface area contributed by atoms with E-state index < -0.39 is 0 Å². The standard InChI is InChI=1S/C12H22N2O3/c1-13-8-4-5-10(9-13)14(2)11(15)6-7-12(16)17-3/h10H,4-9H2,1-3H3. The Morgan fingerprint density at radius 3 is 2.71 bits per heavy atom. The largest absolute Gasteiger partial charge is 0.469 e. The van der Waals surface area contributed by atoms with Gasteiger partial charge in [0.05, 0.1) is 13.5 Å². The molecular weight excluding hydrogens is 220 g/mol. The molecular formula is C12H22N2O3. The van der Waals surface area contributed by atoms with Crippen molar-refractivity contribution in [1.82, 2.24) is 9.80 Å². The van der Waals surface area contributed by atoms with E-state index in [9.17, 15) is 9.59 Å². The van der Waals surface area contributed by atoms with Gasteiger partial charge in [0.1, 0.15) is 0 Å². The molecule has 0 aliphatic carbocycles. The van der Waals surface area contributed by atoms with Gasteiger partial charge in [-0.2, -0.15) is 0 Å². The van der Waals surface area contributed by atoms with Gasteiger partial charge in [0, 0.05) is 26.1 Å². The van der Waals surface area contributed by atoms with Crippen LogP contribution in [0.1, 0.15) is 25.7 Å². The number of hydrogen-bond acceptors (Lipinski definition) is 4. The number of methoxy groups -OCH3 is 1. The van der Waals surface area contributed by atoms with Gasteiger partial charge in [0.15, 0.2) is 0 Å². The van der Waals surface area contributed by atoms with E-state index in [4.69, 9.17) is 0 Å². The van der Waals surface area contributed by atoms with Crippen LogP contribution in [0.2, 0.25) is 0 Å². The zero-order valence-corrected chi connectivity index (χ0v) is 10.9. The van der Waals surface area contributed by atoms with Crippen LogP contribution in [0.4, 0.5) is 0 Å². The van der Waals surface area contributed by atoms with Gasteiger partial charge < -0.3 is 14.5 Å². The van der Waals surface area contributed by atoms with Crippen LogP contribution in [0.15, 0.2) is 0 Å². The summed E-state index contributed by atoms with van der Waals surface area (Å²) in [7, 11) is 5.23. The normalized spacial score (nSPS) is 21.0. The SMILES string of the molecule is COC(=O)CCC(=O)N(C)C1CCCN(C)C1. The van der Waals surface area contributed by atoms with Gasteiger partial charge in [-0.1, -0.05) is 0 Å². The fourth-order valence-corrected chi connectivity index (χ4v) is 2.15. The van der Waals surface area contributed by atoms with Crippen molar-refractivity contribution in [2.75, 3.05) is 34.3 Å². The highest BCUT2D eigenvalue weighted by atomic mass is 16.5. The fraction of sp³-hybridized carbons (Fsp3) is 0.833. The van der Waals surface area contributed by atoms with Gasteiger partial charge in [-0.05, 0) is 26.4 Å². The topological polar surface area (TPSA) is 49.9 Å². The lowest BCUT2D eigenvalue weighted by atomic mass is 10.0. The third kappa shape index (κ3) is 4.34. The number of likely N-dealkylation sites (N-methyl/N-ethyl adjacent to an activating group) is 2. The van der Waals surface area contributed by atoms with Crippen LogP contribution in [0.25, 0.3) is 0 Å². The number of esters is 1. The van der Waals surface area contributed by atoms with E-state index in [-0.39, 0.29) is 30.8 Å². The Morgan fingerprint density at radius 1 is 1.41 bits per heavy atom. The maximum absolute atomic E-state index is 11.9. The molecule has 98 valence electrons.